The van der Waals surface area contributed by atoms with Crippen molar-refractivity contribution < 1.29 is 9.13 Å². The Hall–Kier alpha value is -1.09. The fourth-order valence-corrected chi connectivity index (χ4v) is 1.35. The van der Waals surface area contributed by atoms with Crippen LogP contribution >= 0.6 is 0 Å². The summed E-state index contributed by atoms with van der Waals surface area (Å²) < 4.78 is 18.6. The van der Waals surface area contributed by atoms with Gasteiger partial charge < -0.3 is 10.1 Å². The molecule has 0 saturated heterocycles. The van der Waals surface area contributed by atoms with Crippen molar-refractivity contribution in [3.63, 3.8) is 0 Å². The summed E-state index contributed by atoms with van der Waals surface area (Å²) in [5, 5.41) is 3.24. The van der Waals surface area contributed by atoms with E-state index in [4.69, 9.17) is 4.74 Å². The van der Waals surface area contributed by atoms with E-state index in [9.17, 15) is 4.39 Å². The fourth-order valence-electron chi connectivity index (χ4n) is 1.35. The molecule has 0 heterocycles. The number of nitrogens with one attached hydrogen (secondary N) is 1. The summed E-state index contributed by atoms with van der Waals surface area (Å²) >= 11 is 0. The maximum absolute atomic E-state index is 13.3. The second kappa shape index (κ2) is 6.48. The predicted molar refractivity (Wildman–Crippen MR) is 64.3 cm³/mol. The van der Waals surface area contributed by atoms with Crippen LogP contribution in [0, 0.1) is 18.7 Å². The van der Waals surface area contributed by atoms with Crippen LogP contribution in [0.4, 0.5) is 4.39 Å². The minimum absolute atomic E-state index is 0.297. The lowest BCUT2D eigenvalue weighted by Gasteiger charge is -2.10. The highest BCUT2D eigenvalue weighted by Crippen LogP contribution is 2.17. The zero-order valence-electron chi connectivity index (χ0n) is 10.2. The first-order valence-corrected chi connectivity index (χ1v) is 5.69. The lowest BCUT2D eigenvalue weighted by atomic mass is 10.2. The third-order valence-electron chi connectivity index (χ3n) is 2.18. The van der Waals surface area contributed by atoms with Crippen molar-refractivity contribution >= 4 is 0 Å². The summed E-state index contributed by atoms with van der Waals surface area (Å²) in [7, 11) is 0. The summed E-state index contributed by atoms with van der Waals surface area (Å²) in [6, 6.07) is 4.89. The molecule has 1 aromatic rings. The Bertz CT molecular complexity index is 326. The van der Waals surface area contributed by atoms with Gasteiger partial charge in [-0.25, -0.2) is 4.39 Å². The highest BCUT2D eigenvalue weighted by atomic mass is 19.1. The number of benzene rings is 1. The number of hydrogen-bond acceptors (Lipinski definition) is 2. The van der Waals surface area contributed by atoms with Gasteiger partial charge in [0.15, 0.2) is 11.6 Å². The van der Waals surface area contributed by atoms with Crippen molar-refractivity contribution in [2.45, 2.75) is 20.8 Å². The summed E-state index contributed by atoms with van der Waals surface area (Å²) in [5.74, 6) is 0.663. The molecule has 1 aromatic carbocycles. The third-order valence-corrected chi connectivity index (χ3v) is 2.18. The largest absolute Gasteiger partial charge is 0.489 e. The van der Waals surface area contributed by atoms with Crippen LogP contribution in [0.5, 0.6) is 5.75 Å². The molecule has 90 valence electrons. The van der Waals surface area contributed by atoms with E-state index < -0.39 is 0 Å². The quantitative estimate of drug-likeness (QED) is 0.752. The van der Waals surface area contributed by atoms with Crippen molar-refractivity contribution in [3.8, 4) is 5.75 Å². The van der Waals surface area contributed by atoms with Gasteiger partial charge in [-0.1, -0.05) is 19.9 Å². The molecule has 0 fully saturated rings. The molecule has 0 radical (unpaired) electrons. The Balaban J connectivity index is 2.29. The van der Waals surface area contributed by atoms with E-state index in [1.807, 2.05) is 6.92 Å². The van der Waals surface area contributed by atoms with Crippen LogP contribution in [0.2, 0.25) is 0 Å². The maximum atomic E-state index is 13.3. The van der Waals surface area contributed by atoms with Crippen LogP contribution in [-0.2, 0) is 0 Å². The van der Waals surface area contributed by atoms with E-state index in [1.165, 1.54) is 6.07 Å². The number of aryl methyl sites for hydroxylation is 1. The molecule has 16 heavy (non-hydrogen) atoms. The monoisotopic (exact) mass is 225 g/mol. The van der Waals surface area contributed by atoms with Crippen LogP contribution < -0.4 is 10.1 Å². The molecule has 0 saturated carbocycles. The molecular formula is C13H20FNO. The maximum Gasteiger partial charge on any atom is 0.165 e. The topological polar surface area (TPSA) is 21.3 Å². The average Bonchev–Trinajstić information content (AvgIpc) is 2.22. The first-order valence-electron chi connectivity index (χ1n) is 5.69. The van der Waals surface area contributed by atoms with E-state index >= 15 is 0 Å². The van der Waals surface area contributed by atoms with Gasteiger partial charge in [0.2, 0.25) is 0 Å². The molecule has 1 N–H and O–H groups in total. The fraction of sp³-hybridized carbons (Fsp3) is 0.538. The molecule has 0 aromatic heterocycles. The van der Waals surface area contributed by atoms with Crippen LogP contribution in [0.3, 0.4) is 0 Å². The van der Waals surface area contributed by atoms with Gasteiger partial charge in [-0.3, -0.25) is 0 Å². The van der Waals surface area contributed by atoms with E-state index in [-0.39, 0.29) is 5.82 Å². The van der Waals surface area contributed by atoms with Crippen molar-refractivity contribution in [2.24, 2.45) is 5.92 Å². The number of ether oxygens (including phenoxy) is 1. The number of hydrogen-bond donors (Lipinski definition) is 1. The molecule has 0 aliphatic heterocycles. The lowest BCUT2D eigenvalue weighted by molar-refractivity contribution is 0.296. The molecule has 0 spiro atoms. The lowest BCUT2D eigenvalue weighted by Crippen LogP contribution is -2.25. The minimum atomic E-state index is -0.297. The Labute approximate surface area is 96.8 Å². The standard InChI is InChI=1S/C13H20FNO/c1-10(2)9-15-6-7-16-13-8-11(3)4-5-12(13)14/h4-5,8,10,15H,6-7,9H2,1-3H3. The van der Waals surface area contributed by atoms with Crippen LogP contribution in [0.15, 0.2) is 18.2 Å². The molecule has 0 aliphatic rings. The Morgan fingerprint density at radius 2 is 2.12 bits per heavy atom. The smallest absolute Gasteiger partial charge is 0.165 e. The summed E-state index contributed by atoms with van der Waals surface area (Å²) in [6.07, 6.45) is 0. The first-order chi connectivity index (χ1) is 7.59. The third kappa shape index (κ3) is 4.62. The molecule has 1 rings (SSSR count). The summed E-state index contributed by atoms with van der Waals surface area (Å²) in [5.41, 5.74) is 1.01. The van der Waals surface area contributed by atoms with Crippen LogP contribution in [0.25, 0.3) is 0 Å². The number of rotatable bonds is 6. The second-order valence-electron chi connectivity index (χ2n) is 4.38. The van der Waals surface area contributed by atoms with Crippen molar-refractivity contribution in [1.82, 2.24) is 5.32 Å². The Morgan fingerprint density at radius 1 is 1.38 bits per heavy atom. The molecule has 0 unspecified atom stereocenters. The van der Waals surface area contributed by atoms with Crippen molar-refractivity contribution in [1.29, 1.82) is 0 Å². The van der Waals surface area contributed by atoms with Gasteiger partial charge in [0, 0.05) is 6.54 Å². The minimum Gasteiger partial charge on any atom is -0.489 e. The normalized spacial score (nSPS) is 10.8. The molecule has 0 aliphatic carbocycles. The van der Waals surface area contributed by atoms with Crippen LogP contribution in [-0.4, -0.2) is 19.7 Å². The predicted octanol–water partition coefficient (Wildman–Crippen LogP) is 2.76. The zero-order chi connectivity index (χ0) is 12.0. The van der Waals surface area contributed by atoms with Gasteiger partial charge in [0.1, 0.15) is 6.61 Å². The molecular weight excluding hydrogens is 205 g/mol. The SMILES string of the molecule is Cc1ccc(F)c(OCCNCC(C)C)c1. The van der Waals surface area contributed by atoms with E-state index in [0.717, 1.165) is 18.7 Å². The Morgan fingerprint density at radius 3 is 2.81 bits per heavy atom. The van der Waals surface area contributed by atoms with Crippen molar-refractivity contribution in [2.75, 3.05) is 19.7 Å². The first kappa shape index (κ1) is 13.0. The summed E-state index contributed by atoms with van der Waals surface area (Å²) in [4.78, 5) is 0. The second-order valence-corrected chi connectivity index (χ2v) is 4.38. The van der Waals surface area contributed by atoms with Gasteiger partial charge in [0.25, 0.3) is 0 Å². The van der Waals surface area contributed by atoms with Gasteiger partial charge in [-0.2, -0.15) is 0 Å². The zero-order valence-corrected chi connectivity index (χ0v) is 10.2. The molecule has 0 amide bonds. The molecule has 2 nitrogen and oxygen atoms in total. The number of halogens is 1. The van der Waals surface area contributed by atoms with Gasteiger partial charge in [-0.05, 0) is 37.1 Å². The average molecular weight is 225 g/mol. The van der Waals surface area contributed by atoms with E-state index in [0.29, 0.717) is 18.3 Å². The highest BCUT2D eigenvalue weighted by molar-refractivity contribution is 5.29. The van der Waals surface area contributed by atoms with Crippen molar-refractivity contribution in [3.05, 3.63) is 29.6 Å². The highest BCUT2D eigenvalue weighted by Gasteiger charge is 2.02. The van der Waals surface area contributed by atoms with Gasteiger partial charge in [0.05, 0.1) is 0 Å². The van der Waals surface area contributed by atoms with Gasteiger partial charge >= 0.3 is 0 Å². The summed E-state index contributed by atoms with van der Waals surface area (Å²) in [6.45, 7) is 8.41. The molecule has 0 atom stereocenters. The van der Waals surface area contributed by atoms with Crippen LogP contribution in [0.1, 0.15) is 19.4 Å². The Kier molecular flexibility index (Phi) is 5.26. The van der Waals surface area contributed by atoms with E-state index in [2.05, 4.69) is 19.2 Å². The molecule has 0 bridgehead atoms. The van der Waals surface area contributed by atoms with Gasteiger partial charge in [-0.15, -0.1) is 0 Å². The van der Waals surface area contributed by atoms with E-state index in [1.54, 1.807) is 12.1 Å². The molecule has 3 heteroatoms.